The van der Waals surface area contributed by atoms with Crippen molar-refractivity contribution in [1.29, 1.82) is 0 Å². The van der Waals surface area contributed by atoms with Crippen LogP contribution in [0.4, 0.5) is 5.69 Å². The fraction of sp³-hybridized carbons (Fsp3) is 0.0667. The first-order valence-electron chi connectivity index (χ1n) is 6.10. The average Bonchev–Trinajstić information content (AvgIpc) is 2.49. The van der Waals surface area contributed by atoms with Gasteiger partial charge in [0.05, 0.1) is 28.4 Å². The van der Waals surface area contributed by atoms with E-state index in [1.807, 2.05) is 0 Å². The molecule has 0 heterocycles. The molecule has 22 heavy (non-hydrogen) atoms. The van der Waals surface area contributed by atoms with E-state index < -0.39 is 11.9 Å². The predicted molar refractivity (Wildman–Crippen MR) is 84.4 cm³/mol. The number of halogens is 2. The zero-order valence-corrected chi connectivity index (χ0v) is 12.9. The molecule has 0 atom stereocenters. The number of carbonyl (C=O) groups excluding carboxylic acids is 1. The van der Waals surface area contributed by atoms with Crippen molar-refractivity contribution in [1.82, 2.24) is 0 Å². The number of carboxylic acids is 1. The molecule has 2 aromatic rings. The number of amides is 1. The number of methoxy groups -OCH3 is 1. The highest BCUT2D eigenvalue weighted by Gasteiger charge is 2.13. The summed E-state index contributed by atoms with van der Waals surface area (Å²) in [6.07, 6.45) is 0. The van der Waals surface area contributed by atoms with Crippen LogP contribution in [-0.4, -0.2) is 24.1 Å². The van der Waals surface area contributed by atoms with Crippen molar-refractivity contribution in [3.8, 4) is 5.75 Å². The lowest BCUT2D eigenvalue weighted by Crippen LogP contribution is -2.13. The lowest BCUT2D eigenvalue weighted by Gasteiger charge is -2.11. The quantitative estimate of drug-likeness (QED) is 0.884. The van der Waals surface area contributed by atoms with Crippen molar-refractivity contribution in [3.05, 3.63) is 57.6 Å². The van der Waals surface area contributed by atoms with E-state index in [4.69, 9.17) is 33.0 Å². The zero-order chi connectivity index (χ0) is 16.3. The summed E-state index contributed by atoms with van der Waals surface area (Å²) in [4.78, 5) is 23.2. The highest BCUT2D eigenvalue weighted by molar-refractivity contribution is 6.42. The predicted octanol–water partition coefficient (Wildman–Crippen LogP) is 3.95. The third kappa shape index (κ3) is 3.50. The van der Waals surface area contributed by atoms with Gasteiger partial charge in [0.15, 0.2) is 0 Å². The Morgan fingerprint density at radius 1 is 1.05 bits per heavy atom. The summed E-state index contributed by atoms with van der Waals surface area (Å²) in [5, 5.41) is 12.2. The molecular weight excluding hydrogens is 329 g/mol. The lowest BCUT2D eigenvalue weighted by molar-refractivity contribution is 0.0696. The summed E-state index contributed by atoms with van der Waals surface area (Å²) in [5.74, 6) is -1.22. The molecule has 0 saturated carbocycles. The molecule has 0 fully saturated rings. The number of hydrogen-bond acceptors (Lipinski definition) is 3. The number of hydrogen-bond donors (Lipinski definition) is 2. The summed E-state index contributed by atoms with van der Waals surface area (Å²) in [5.41, 5.74) is 0.570. The van der Waals surface area contributed by atoms with Crippen LogP contribution in [0.3, 0.4) is 0 Å². The van der Waals surface area contributed by atoms with Crippen LogP contribution in [0.2, 0.25) is 10.0 Å². The van der Waals surface area contributed by atoms with E-state index in [0.717, 1.165) is 0 Å². The smallest absolute Gasteiger partial charge is 0.335 e. The number of ether oxygens (including phenoxy) is 1. The first-order chi connectivity index (χ1) is 10.4. The van der Waals surface area contributed by atoms with E-state index in [-0.39, 0.29) is 21.8 Å². The van der Waals surface area contributed by atoms with Crippen LogP contribution in [0, 0.1) is 0 Å². The third-order valence-corrected chi connectivity index (χ3v) is 3.62. The molecule has 0 radical (unpaired) electrons. The molecule has 0 saturated heterocycles. The van der Waals surface area contributed by atoms with Gasteiger partial charge in [-0.25, -0.2) is 4.79 Å². The SMILES string of the molecule is COc1ccc(C(=O)O)cc1NC(=O)c1ccc(Cl)c(Cl)c1. The van der Waals surface area contributed by atoms with Crippen LogP contribution in [0.15, 0.2) is 36.4 Å². The molecule has 2 rings (SSSR count). The summed E-state index contributed by atoms with van der Waals surface area (Å²) < 4.78 is 5.10. The van der Waals surface area contributed by atoms with Crippen molar-refractivity contribution in [2.75, 3.05) is 12.4 Å². The van der Waals surface area contributed by atoms with Gasteiger partial charge in [0.2, 0.25) is 0 Å². The second-order valence-electron chi connectivity index (χ2n) is 4.30. The lowest BCUT2D eigenvalue weighted by atomic mass is 10.1. The number of carbonyl (C=O) groups is 2. The van der Waals surface area contributed by atoms with Crippen LogP contribution in [0.1, 0.15) is 20.7 Å². The Hall–Kier alpha value is -2.24. The molecule has 1 amide bonds. The van der Waals surface area contributed by atoms with Crippen molar-refractivity contribution < 1.29 is 19.4 Å². The van der Waals surface area contributed by atoms with Crippen LogP contribution in [0.25, 0.3) is 0 Å². The van der Waals surface area contributed by atoms with E-state index in [1.54, 1.807) is 0 Å². The van der Waals surface area contributed by atoms with Gasteiger partial charge in [-0.1, -0.05) is 23.2 Å². The Morgan fingerprint density at radius 2 is 1.73 bits per heavy atom. The Labute approximate surface area is 136 Å². The van der Waals surface area contributed by atoms with Gasteiger partial charge >= 0.3 is 5.97 Å². The highest BCUT2D eigenvalue weighted by Crippen LogP contribution is 2.27. The van der Waals surface area contributed by atoms with Crippen molar-refractivity contribution in [2.45, 2.75) is 0 Å². The fourth-order valence-electron chi connectivity index (χ4n) is 1.77. The zero-order valence-electron chi connectivity index (χ0n) is 11.4. The summed E-state index contributed by atoms with van der Waals surface area (Å²) in [6, 6.07) is 8.61. The molecule has 2 N–H and O–H groups in total. The number of carboxylic acid groups (broad SMARTS) is 1. The van der Waals surface area contributed by atoms with Crippen molar-refractivity contribution in [2.24, 2.45) is 0 Å². The third-order valence-electron chi connectivity index (χ3n) is 2.88. The van der Waals surface area contributed by atoms with E-state index >= 15 is 0 Å². The second kappa shape index (κ2) is 6.68. The Balaban J connectivity index is 2.32. The van der Waals surface area contributed by atoms with Crippen molar-refractivity contribution >= 4 is 40.8 Å². The number of anilines is 1. The van der Waals surface area contributed by atoms with Crippen LogP contribution >= 0.6 is 23.2 Å². The number of rotatable bonds is 4. The second-order valence-corrected chi connectivity index (χ2v) is 5.12. The minimum absolute atomic E-state index is 0.0326. The standard InChI is InChI=1S/C15H11Cl2NO4/c1-22-13-5-3-9(15(20)21)7-12(13)18-14(19)8-2-4-10(16)11(17)6-8/h2-7H,1H3,(H,18,19)(H,20,21). The molecule has 0 aliphatic carbocycles. The Bertz CT molecular complexity index is 746. The number of benzene rings is 2. The molecule has 0 aliphatic heterocycles. The molecule has 7 heteroatoms. The minimum Gasteiger partial charge on any atom is -0.495 e. The van der Waals surface area contributed by atoms with E-state index in [1.165, 1.54) is 43.5 Å². The van der Waals surface area contributed by atoms with Gasteiger partial charge in [0.1, 0.15) is 5.75 Å². The molecule has 2 aromatic carbocycles. The van der Waals surface area contributed by atoms with Crippen LogP contribution in [-0.2, 0) is 0 Å². The average molecular weight is 340 g/mol. The maximum Gasteiger partial charge on any atom is 0.335 e. The minimum atomic E-state index is -1.10. The number of aromatic carboxylic acids is 1. The van der Waals surface area contributed by atoms with Crippen molar-refractivity contribution in [3.63, 3.8) is 0 Å². The van der Waals surface area contributed by atoms with Gasteiger partial charge in [0.25, 0.3) is 5.91 Å². The van der Waals surface area contributed by atoms with E-state index in [2.05, 4.69) is 5.32 Å². The molecule has 0 aliphatic rings. The summed E-state index contributed by atoms with van der Waals surface area (Å²) >= 11 is 11.7. The maximum absolute atomic E-state index is 12.2. The highest BCUT2D eigenvalue weighted by atomic mass is 35.5. The van der Waals surface area contributed by atoms with Gasteiger partial charge in [-0.2, -0.15) is 0 Å². The van der Waals surface area contributed by atoms with Crippen LogP contribution in [0.5, 0.6) is 5.75 Å². The topological polar surface area (TPSA) is 75.6 Å². The molecule has 0 unspecified atom stereocenters. The molecule has 114 valence electrons. The fourth-order valence-corrected chi connectivity index (χ4v) is 2.07. The first kappa shape index (κ1) is 16.1. The summed E-state index contributed by atoms with van der Waals surface area (Å²) in [7, 11) is 1.42. The molecule has 0 spiro atoms. The summed E-state index contributed by atoms with van der Waals surface area (Å²) in [6.45, 7) is 0. The van der Waals surface area contributed by atoms with Gasteiger partial charge in [0, 0.05) is 5.56 Å². The number of nitrogens with one attached hydrogen (secondary N) is 1. The molecule has 5 nitrogen and oxygen atoms in total. The van der Waals surface area contributed by atoms with Gasteiger partial charge in [-0.3, -0.25) is 4.79 Å². The van der Waals surface area contributed by atoms with Gasteiger partial charge in [-0.05, 0) is 36.4 Å². The van der Waals surface area contributed by atoms with Gasteiger partial charge < -0.3 is 15.2 Å². The molecule has 0 aromatic heterocycles. The van der Waals surface area contributed by atoms with E-state index in [0.29, 0.717) is 10.8 Å². The van der Waals surface area contributed by atoms with E-state index in [9.17, 15) is 9.59 Å². The molecular formula is C15H11Cl2NO4. The molecule has 0 bridgehead atoms. The van der Waals surface area contributed by atoms with Crippen LogP contribution < -0.4 is 10.1 Å². The largest absolute Gasteiger partial charge is 0.495 e. The first-order valence-corrected chi connectivity index (χ1v) is 6.85. The normalized spacial score (nSPS) is 10.1. The van der Waals surface area contributed by atoms with Gasteiger partial charge in [-0.15, -0.1) is 0 Å². The Kier molecular flexibility index (Phi) is 4.90. The monoisotopic (exact) mass is 339 g/mol. The Morgan fingerprint density at radius 3 is 2.32 bits per heavy atom. The maximum atomic E-state index is 12.2.